The molecule has 0 saturated carbocycles. The Hall–Kier alpha value is -2.96. The van der Waals surface area contributed by atoms with Crippen molar-refractivity contribution in [3.8, 4) is 0 Å². The molecule has 1 atom stereocenters. The monoisotopic (exact) mass is 433 g/mol. The Bertz CT molecular complexity index is 969. The zero-order valence-electron chi connectivity index (χ0n) is 17.4. The second-order valence-electron chi connectivity index (χ2n) is 7.81. The van der Waals surface area contributed by atoms with Crippen molar-refractivity contribution in [2.24, 2.45) is 0 Å². The fourth-order valence-electron chi connectivity index (χ4n) is 3.87. The molecule has 1 fully saturated rings. The van der Waals surface area contributed by atoms with Gasteiger partial charge in [0.05, 0.1) is 0 Å². The number of amides is 2. The molecule has 4 rings (SSSR count). The zero-order chi connectivity index (χ0) is 21.5. The van der Waals surface area contributed by atoms with Crippen LogP contribution in [0, 0.1) is 0 Å². The van der Waals surface area contributed by atoms with Crippen LogP contribution in [-0.2, 0) is 17.8 Å². The molecule has 3 aromatic rings. The van der Waals surface area contributed by atoms with E-state index in [-0.39, 0.29) is 11.8 Å². The van der Waals surface area contributed by atoms with E-state index in [0.29, 0.717) is 25.1 Å². The first-order valence-corrected chi connectivity index (χ1v) is 11.6. The molecule has 0 aliphatic carbocycles. The Morgan fingerprint density at radius 2 is 1.55 bits per heavy atom. The van der Waals surface area contributed by atoms with Crippen molar-refractivity contribution in [2.75, 3.05) is 26.2 Å². The molecule has 1 aliphatic heterocycles. The maximum absolute atomic E-state index is 13.4. The summed E-state index contributed by atoms with van der Waals surface area (Å²) in [4.78, 5) is 30.4. The predicted octanol–water partition coefficient (Wildman–Crippen LogP) is 3.43. The average Bonchev–Trinajstić information content (AvgIpc) is 3.33. The van der Waals surface area contributed by atoms with Gasteiger partial charge in [-0.25, -0.2) is 0 Å². The van der Waals surface area contributed by atoms with Gasteiger partial charge < -0.3 is 10.2 Å². The van der Waals surface area contributed by atoms with Gasteiger partial charge in [0, 0.05) is 44.7 Å². The molecule has 1 aromatic heterocycles. The number of carbonyl (C=O) groups excluding carboxylic acids is 2. The van der Waals surface area contributed by atoms with Crippen LogP contribution in [0.3, 0.4) is 0 Å². The molecule has 1 aliphatic rings. The molecule has 5 nitrogen and oxygen atoms in total. The number of rotatable bonds is 7. The van der Waals surface area contributed by atoms with Crippen LogP contribution in [0.1, 0.15) is 21.5 Å². The van der Waals surface area contributed by atoms with E-state index < -0.39 is 6.04 Å². The van der Waals surface area contributed by atoms with Crippen LogP contribution in [0.5, 0.6) is 0 Å². The fraction of sp³-hybridized carbons (Fsp3) is 0.280. The summed E-state index contributed by atoms with van der Waals surface area (Å²) < 4.78 is 0. The van der Waals surface area contributed by atoms with E-state index >= 15 is 0 Å². The zero-order valence-corrected chi connectivity index (χ0v) is 18.3. The third-order valence-electron chi connectivity index (χ3n) is 5.59. The molecule has 2 amide bonds. The molecule has 0 unspecified atom stereocenters. The molecule has 6 heteroatoms. The lowest BCUT2D eigenvalue weighted by atomic mass is 10.0. The van der Waals surface area contributed by atoms with E-state index in [1.165, 1.54) is 5.56 Å². The van der Waals surface area contributed by atoms with Gasteiger partial charge >= 0.3 is 0 Å². The number of carbonyl (C=O) groups is 2. The van der Waals surface area contributed by atoms with Crippen molar-refractivity contribution in [2.45, 2.75) is 19.0 Å². The van der Waals surface area contributed by atoms with Gasteiger partial charge in [0.1, 0.15) is 6.04 Å². The van der Waals surface area contributed by atoms with Gasteiger partial charge in [-0.2, -0.15) is 11.3 Å². The SMILES string of the molecule is O=C(N[C@H](Cc1ccccc1)C(=O)N1CCN(Cc2ccsc2)CC1)c1ccccc1. The highest BCUT2D eigenvalue weighted by Crippen LogP contribution is 2.14. The van der Waals surface area contributed by atoms with Gasteiger partial charge in [-0.3, -0.25) is 14.5 Å². The van der Waals surface area contributed by atoms with Gasteiger partial charge in [0.15, 0.2) is 0 Å². The maximum Gasteiger partial charge on any atom is 0.251 e. The molecule has 1 saturated heterocycles. The van der Waals surface area contributed by atoms with Crippen LogP contribution in [-0.4, -0.2) is 53.8 Å². The second-order valence-corrected chi connectivity index (χ2v) is 8.59. The minimum absolute atomic E-state index is 0.0108. The smallest absolute Gasteiger partial charge is 0.251 e. The molecule has 1 N–H and O–H groups in total. The molecule has 160 valence electrons. The lowest BCUT2D eigenvalue weighted by Gasteiger charge is -2.36. The fourth-order valence-corrected chi connectivity index (χ4v) is 4.53. The maximum atomic E-state index is 13.4. The summed E-state index contributed by atoms with van der Waals surface area (Å²) in [5, 5.41) is 7.25. The minimum atomic E-state index is -0.585. The first kappa shape index (κ1) is 21.3. The summed E-state index contributed by atoms with van der Waals surface area (Å²) in [6, 6.07) is 20.5. The van der Waals surface area contributed by atoms with Crippen LogP contribution in [0.25, 0.3) is 0 Å². The number of nitrogens with zero attached hydrogens (tertiary/aromatic N) is 2. The normalized spacial score (nSPS) is 15.4. The van der Waals surface area contributed by atoms with E-state index in [4.69, 9.17) is 0 Å². The van der Waals surface area contributed by atoms with E-state index in [0.717, 1.165) is 25.2 Å². The van der Waals surface area contributed by atoms with Gasteiger partial charge in [0.2, 0.25) is 5.91 Å². The molecule has 0 radical (unpaired) electrons. The van der Waals surface area contributed by atoms with Crippen LogP contribution >= 0.6 is 11.3 Å². The molecule has 2 aromatic carbocycles. The topological polar surface area (TPSA) is 52.7 Å². The summed E-state index contributed by atoms with van der Waals surface area (Å²) in [7, 11) is 0. The molecular formula is C25H27N3O2S. The van der Waals surface area contributed by atoms with E-state index in [1.54, 1.807) is 23.5 Å². The van der Waals surface area contributed by atoms with Crippen LogP contribution in [0.2, 0.25) is 0 Å². The van der Waals surface area contributed by atoms with Gasteiger partial charge in [-0.1, -0.05) is 48.5 Å². The largest absolute Gasteiger partial charge is 0.340 e. The highest BCUT2D eigenvalue weighted by Gasteiger charge is 2.29. The standard InChI is InChI=1S/C25H27N3O2S/c29-24(22-9-5-2-6-10-22)26-23(17-20-7-3-1-4-8-20)25(30)28-14-12-27(13-15-28)18-21-11-16-31-19-21/h1-11,16,19,23H,12-15,17-18H2,(H,26,29)/t23-/m1/s1. The van der Waals surface area contributed by atoms with Crippen LogP contribution < -0.4 is 5.32 Å². The number of benzene rings is 2. The van der Waals surface area contributed by atoms with E-state index in [9.17, 15) is 9.59 Å². The van der Waals surface area contributed by atoms with Crippen molar-refractivity contribution in [3.63, 3.8) is 0 Å². The summed E-state index contributed by atoms with van der Waals surface area (Å²) in [5.41, 5.74) is 2.92. The number of piperazine rings is 1. The minimum Gasteiger partial charge on any atom is -0.340 e. The Labute approximate surface area is 187 Å². The Morgan fingerprint density at radius 1 is 0.871 bits per heavy atom. The Morgan fingerprint density at radius 3 is 2.19 bits per heavy atom. The molecule has 0 spiro atoms. The van der Waals surface area contributed by atoms with Crippen molar-refractivity contribution >= 4 is 23.2 Å². The number of nitrogens with one attached hydrogen (secondary N) is 1. The molecule has 31 heavy (non-hydrogen) atoms. The lowest BCUT2D eigenvalue weighted by Crippen LogP contribution is -2.55. The summed E-state index contributed by atoms with van der Waals surface area (Å²) >= 11 is 1.71. The first-order valence-electron chi connectivity index (χ1n) is 10.6. The molecular weight excluding hydrogens is 406 g/mol. The van der Waals surface area contributed by atoms with Crippen molar-refractivity contribution in [1.29, 1.82) is 0 Å². The molecule has 0 bridgehead atoms. The number of thiophene rings is 1. The lowest BCUT2D eigenvalue weighted by molar-refractivity contribution is -0.135. The van der Waals surface area contributed by atoms with E-state index in [1.807, 2.05) is 53.4 Å². The highest BCUT2D eigenvalue weighted by molar-refractivity contribution is 7.07. The third-order valence-corrected chi connectivity index (χ3v) is 6.32. The Balaban J connectivity index is 1.41. The Kier molecular flexibility index (Phi) is 7.12. The third kappa shape index (κ3) is 5.81. The summed E-state index contributed by atoms with van der Waals surface area (Å²) in [6.45, 7) is 3.95. The van der Waals surface area contributed by atoms with Crippen molar-refractivity contribution in [1.82, 2.24) is 15.1 Å². The first-order chi connectivity index (χ1) is 15.2. The predicted molar refractivity (Wildman–Crippen MR) is 124 cm³/mol. The average molecular weight is 434 g/mol. The number of hydrogen-bond donors (Lipinski definition) is 1. The van der Waals surface area contributed by atoms with Crippen LogP contribution in [0.4, 0.5) is 0 Å². The van der Waals surface area contributed by atoms with Crippen molar-refractivity contribution in [3.05, 3.63) is 94.2 Å². The molecule has 2 heterocycles. The highest BCUT2D eigenvalue weighted by atomic mass is 32.1. The second kappa shape index (κ2) is 10.4. The number of hydrogen-bond acceptors (Lipinski definition) is 4. The van der Waals surface area contributed by atoms with Gasteiger partial charge in [-0.05, 0) is 40.1 Å². The van der Waals surface area contributed by atoms with Crippen molar-refractivity contribution < 1.29 is 9.59 Å². The van der Waals surface area contributed by atoms with E-state index in [2.05, 4.69) is 27.0 Å². The van der Waals surface area contributed by atoms with Gasteiger partial charge in [-0.15, -0.1) is 0 Å². The van der Waals surface area contributed by atoms with Crippen LogP contribution in [0.15, 0.2) is 77.5 Å². The quantitative estimate of drug-likeness (QED) is 0.621. The van der Waals surface area contributed by atoms with Gasteiger partial charge in [0.25, 0.3) is 5.91 Å². The summed E-state index contributed by atoms with van der Waals surface area (Å²) in [5.74, 6) is -0.228. The summed E-state index contributed by atoms with van der Waals surface area (Å²) in [6.07, 6.45) is 0.480.